The number of nitrogens with two attached hydrogens (primary N) is 1. The summed E-state index contributed by atoms with van der Waals surface area (Å²) < 4.78 is 15.2. The van der Waals surface area contributed by atoms with Gasteiger partial charge in [0.05, 0.1) is 26.2 Å². The van der Waals surface area contributed by atoms with Gasteiger partial charge in [-0.2, -0.15) is 0 Å². The standard InChI is InChI=1S/C14H21NO4/c1-17-8-9-18-6-3-7-19-14(16)11-12-4-2-5-13(15)10-12/h2,4-5,10H,3,6-9,11,15H2,1H3. The number of carbonyl (C=O) groups excluding carboxylic acids is 1. The van der Waals surface area contributed by atoms with Crippen LogP contribution in [0.4, 0.5) is 5.69 Å². The van der Waals surface area contributed by atoms with Crippen LogP contribution in [0, 0.1) is 0 Å². The molecule has 0 saturated carbocycles. The van der Waals surface area contributed by atoms with E-state index in [2.05, 4.69) is 0 Å². The van der Waals surface area contributed by atoms with E-state index in [1.165, 1.54) is 0 Å². The highest BCUT2D eigenvalue weighted by Crippen LogP contribution is 2.07. The van der Waals surface area contributed by atoms with Crippen LogP contribution in [0.3, 0.4) is 0 Å². The van der Waals surface area contributed by atoms with Crippen molar-refractivity contribution in [3.05, 3.63) is 29.8 Å². The van der Waals surface area contributed by atoms with Crippen molar-refractivity contribution in [1.29, 1.82) is 0 Å². The van der Waals surface area contributed by atoms with Crippen LogP contribution in [0.2, 0.25) is 0 Å². The van der Waals surface area contributed by atoms with E-state index in [0.717, 1.165) is 5.56 Å². The SMILES string of the molecule is COCCOCCCOC(=O)Cc1cccc(N)c1. The highest BCUT2D eigenvalue weighted by atomic mass is 16.5. The van der Waals surface area contributed by atoms with Gasteiger partial charge in [0.1, 0.15) is 0 Å². The van der Waals surface area contributed by atoms with Crippen molar-refractivity contribution in [2.45, 2.75) is 12.8 Å². The Bertz CT molecular complexity index is 381. The Balaban J connectivity index is 2.08. The molecule has 1 aromatic carbocycles. The minimum absolute atomic E-state index is 0.246. The molecule has 0 aliphatic rings. The maximum atomic E-state index is 11.5. The second-order valence-corrected chi connectivity index (χ2v) is 4.10. The fraction of sp³-hybridized carbons (Fsp3) is 0.500. The normalized spacial score (nSPS) is 10.4. The summed E-state index contributed by atoms with van der Waals surface area (Å²) in [6.07, 6.45) is 0.932. The average molecular weight is 267 g/mol. The summed E-state index contributed by atoms with van der Waals surface area (Å²) >= 11 is 0. The van der Waals surface area contributed by atoms with Crippen molar-refractivity contribution in [2.24, 2.45) is 0 Å². The summed E-state index contributed by atoms with van der Waals surface area (Å²) in [7, 11) is 1.63. The van der Waals surface area contributed by atoms with Crippen molar-refractivity contribution < 1.29 is 19.0 Å². The van der Waals surface area contributed by atoms with E-state index in [1.807, 2.05) is 12.1 Å². The first-order chi connectivity index (χ1) is 9.22. The van der Waals surface area contributed by atoms with Crippen LogP contribution in [-0.4, -0.2) is 39.5 Å². The lowest BCUT2D eigenvalue weighted by molar-refractivity contribution is -0.143. The summed E-state index contributed by atoms with van der Waals surface area (Å²) in [5.74, 6) is -0.248. The number of hydrogen-bond acceptors (Lipinski definition) is 5. The summed E-state index contributed by atoms with van der Waals surface area (Å²) in [5, 5.41) is 0. The van der Waals surface area contributed by atoms with Gasteiger partial charge in [-0.3, -0.25) is 4.79 Å². The number of ether oxygens (including phenoxy) is 3. The lowest BCUT2D eigenvalue weighted by Crippen LogP contribution is -2.11. The Labute approximate surface area is 113 Å². The van der Waals surface area contributed by atoms with Crippen LogP contribution in [0.1, 0.15) is 12.0 Å². The summed E-state index contributed by atoms with van der Waals surface area (Å²) in [6, 6.07) is 7.23. The second kappa shape index (κ2) is 9.35. The maximum Gasteiger partial charge on any atom is 0.310 e. The quantitative estimate of drug-likeness (QED) is 0.416. The number of methoxy groups -OCH3 is 1. The van der Waals surface area contributed by atoms with Crippen molar-refractivity contribution in [2.75, 3.05) is 39.3 Å². The van der Waals surface area contributed by atoms with E-state index in [1.54, 1.807) is 19.2 Å². The van der Waals surface area contributed by atoms with Crippen molar-refractivity contribution in [3.8, 4) is 0 Å². The number of benzene rings is 1. The highest BCUT2D eigenvalue weighted by Gasteiger charge is 2.04. The minimum Gasteiger partial charge on any atom is -0.465 e. The number of rotatable bonds is 9. The van der Waals surface area contributed by atoms with Gasteiger partial charge in [-0.1, -0.05) is 12.1 Å². The molecule has 0 aliphatic carbocycles. The summed E-state index contributed by atoms with van der Waals surface area (Å²) in [4.78, 5) is 11.5. The molecular formula is C14H21NO4. The molecule has 19 heavy (non-hydrogen) atoms. The topological polar surface area (TPSA) is 70.8 Å². The number of anilines is 1. The minimum atomic E-state index is -0.248. The molecule has 0 amide bonds. The molecule has 0 spiro atoms. The lowest BCUT2D eigenvalue weighted by Gasteiger charge is -2.06. The van der Waals surface area contributed by atoms with Crippen molar-refractivity contribution in [3.63, 3.8) is 0 Å². The maximum absolute atomic E-state index is 11.5. The fourth-order valence-electron chi connectivity index (χ4n) is 1.51. The highest BCUT2D eigenvalue weighted by molar-refractivity contribution is 5.72. The molecule has 0 unspecified atom stereocenters. The predicted octanol–water partition coefficient (Wildman–Crippen LogP) is 1.41. The zero-order valence-corrected chi connectivity index (χ0v) is 11.3. The summed E-state index contributed by atoms with van der Waals surface area (Å²) in [6.45, 7) is 2.08. The fourth-order valence-corrected chi connectivity index (χ4v) is 1.51. The first-order valence-electron chi connectivity index (χ1n) is 6.29. The van der Waals surface area contributed by atoms with Gasteiger partial charge >= 0.3 is 5.97 Å². The summed E-state index contributed by atoms with van der Waals surface area (Å²) in [5.41, 5.74) is 7.15. The van der Waals surface area contributed by atoms with E-state index in [-0.39, 0.29) is 12.4 Å². The largest absolute Gasteiger partial charge is 0.465 e. The second-order valence-electron chi connectivity index (χ2n) is 4.10. The van der Waals surface area contributed by atoms with Crippen LogP contribution in [0.15, 0.2) is 24.3 Å². The predicted molar refractivity (Wildman–Crippen MR) is 72.8 cm³/mol. The monoisotopic (exact) mass is 267 g/mol. The van der Waals surface area contributed by atoms with E-state index < -0.39 is 0 Å². The molecular weight excluding hydrogens is 246 g/mol. The molecule has 0 aliphatic heterocycles. The molecule has 0 atom stereocenters. The van der Waals surface area contributed by atoms with Crippen LogP contribution in [-0.2, 0) is 25.4 Å². The molecule has 0 bridgehead atoms. The van der Waals surface area contributed by atoms with Gasteiger partial charge in [0.2, 0.25) is 0 Å². The Kier molecular flexibility index (Phi) is 7.62. The van der Waals surface area contributed by atoms with Gasteiger partial charge in [0.15, 0.2) is 0 Å². The molecule has 0 aromatic heterocycles. The zero-order chi connectivity index (χ0) is 13.9. The smallest absolute Gasteiger partial charge is 0.310 e. The number of carbonyl (C=O) groups is 1. The lowest BCUT2D eigenvalue weighted by atomic mass is 10.1. The van der Waals surface area contributed by atoms with E-state index in [9.17, 15) is 4.79 Å². The Morgan fingerprint density at radius 3 is 2.79 bits per heavy atom. The molecule has 5 nitrogen and oxygen atoms in total. The molecule has 1 rings (SSSR count). The Morgan fingerprint density at radius 1 is 1.21 bits per heavy atom. The zero-order valence-electron chi connectivity index (χ0n) is 11.3. The molecule has 0 radical (unpaired) electrons. The van der Waals surface area contributed by atoms with Gasteiger partial charge in [0.25, 0.3) is 0 Å². The third kappa shape index (κ3) is 7.43. The molecule has 1 aromatic rings. The van der Waals surface area contributed by atoms with Crippen molar-refractivity contribution >= 4 is 11.7 Å². The van der Waals surface area contributed by atoms with Gasteiger partial charge in [-0.25, -0.2) is 0 Å². The molecule has 0 heterocycles. The average Bonchev–Trinajstić information content (AvgIpc) is 2.37. The third-order valence-electron chi connectivity index (χ3n) is 2.43. The van der Waals surface area contributed by atoms with E-state index in [4.69, 9.17) is 19.9 Å². The first-order valence-corrected chi connectivity index (χ1v) is 6.29. The molecule has 106 valence electrons. The number of hydrogen-bond donors (Lipinski definition) is 1. The van der Waals surface area contributed by atoms with Crippen LogP contribution in [0.5, 0.6) is 0 Å². The van der Waals surface area contributed by atoms with E-state index in [0.29, 0.717) is 38.5 Å². The van der Waals surface area contributed by atoms with Gasteiger partial charge in [-0.15, -0.1) is 0 Å². The van der Waals surface area contributed by atoms with Crippen molar-refractivity contribution in [1.82, 2.24) is 0 Å². The van der Waals surface area contributed by atoms with Crippen LogP contribution < -0.4 is 5.73 Å². The first kappa shape index (κ1) is 15.5. The number of nitrogen functional groups attached to an aromatic ring is 1. The Hall–Kier alpha value is -1.59. The number of esters is 1. The van der Waals surface area contributed by atoms with Crippen LogP contribution >= 0.6 is 0 Å². The molecule has 2 N–H and O–H groups in total. The van der Waals surface area contributed by atoms with E-state index >= 15 is 0 Å². The van der Waals surface area contributed by atoms with Gasteiger partial charge in [0, 0.05) is 25.8 Å². The third-order valence-corrected chi connectivity index (χ3v) is 2.43. The molecule has 0 fully saturated rings. The van der Waals surface area contributed by atoms with Gasteiger partial charge in [-0.05, 0) is 17.7 Å². The molecule has 0 saturated heterocycles. The van der Waals surface area contributed by atoms with Gasteiger partial charge < -0.3 is 19.9 Å². The Morgan fingerprint density at radius 2 is 2.05 bits per heavy atom. The molecule has 5 heteroatoms. The van der Waals surface area contributed by atoms with Crippen LogP contribution in [0.25, 0.3) is 0 Å².